The molecular formula is C37H43N3O6S. The van der Waals surface area contributed by atoms with Crippen LogP contribution in [0.2, 0.25) is 0 Å². The van der Waals surface area contributed by atoms with E-state index in [1.807, 2.05) is 63.2 Å². The summed E-state index contributed by atoms with van der Waals surface area (Å²) in [5, 5.41) is 3.05. The van der Waals surface area contributed by atoms with Gasteiger partial charge in [0.15, 0.2) is 0 Å². The lowest BCUT2D eigenvalue weighted by Gasteiger charge is -2.34. The van der Waals surface area contributed by atoms with Crippen molar-refractivity contribution < 1.29 is 27.5 Å². The number of hydrogen-bond donors (Lipinski definition) is 1. The summed E-state index contributed by atoms with van der Waals surface area (Å²) in [5.41, 5.74) is 2.77. The van der Waals surface area contributed by atoms with E-state index in [1.165, 1.54) is 24.1 Å². The zero-order valence-electron chi connectivity index (χ0n) is 27.6. The fraction of sp³-hybridized carbons (Fsp3) is 0.297. The van der Waals surface area contributed by atoms with Crippen molar-refractivity contribution >= 4 is 27.5 Å². The molecule has 0 aliphatic rings. The highest BCUT2D eigenvalue weighted by atomic mass is 32.2. The topological polar surface area (TPSA) is 105 Å². The number of carbonyl (C=O) groups excluding carboxylic acids is 2. The Labute approximate surface area is 278 Å². The summed E-state index contributed by atoms with van der Waals surface area (Å²) >= 11 is 0. The van der Waals surface area contributed by atoms with Gasteiger partial charge < -0.3 is 19.7 Å². The van der Waals surface area contributed by atoms with Crippen LogP contribution in [0.25, 0.3) is 0 Å². The molecule has 0 aliphatic heterocycles. The molecule has 0 unspecified atom stereocenters. The average molecular weight is 658 g/mol. The van der Waals surface area contributed by atoms with E-state index in [4.69, 9.17) is 9.47 Å². The van der Waals surface area contributed by atoms with Crippen molar-refractivity contribution in [2.75, 3.05) is 25.1 Å². The van der Waals surface area contributed by atoms with Crippen molar-refractivity contribution in [2.24, 2.45) is 0 Å². The maximum Gasteiger partial charge on any atom is 0.264 e. The summed E-state index contributed by atoms with van der Waals surface area (Å²) in [4.78, 5) is 30.1. The molecule has 0 spiro atoms. The molecule has 4 rings (SSSR count). The Morgan fingerprint density at radius 2 is 1.45 bits per heavy atom. The van der Waals surface area contributed by atoms with Crippen molar-refractivity contribution in [1.82, 2.24) is 10.2 Å². The van der Waals surface area contributed by atoms with Gasteiger partial charge in [-0.2, -0.15) is 0 Å². The van der Waals surface area contributed by atoms with Crippen molar-refractivity contribution in [1.29, 1.82) is 0 Å². The number of rotatable bonds is 15. The summed E-state index contributed by atoms with van der Waals surface area (Å²) in [7, 11) is -1.13. The summed E-state index contributed by atoms with van der Waals surface area (Å²) in [6, 6.07) is 28.6. The van der Waals surface area contributed by atoms with E-state index in [2.05, 4.69) is 5.32 Å². The SMILES string of the molecule is CC[C@H](C)NC(=O)[C@@H](Cc1ccccc1)N(Cc1cccc(OC)c1)C(=O)CN(c1ccc(OC)cc1)S(=O)(=O)c1ccc(C)cc1. The zero-order chi connectivity index (χ0) is 34.0. The number of nitrogens with zero attached hydrogens (tertiary/aromatic N) is 2. The second-order valence-corrected chi connectivity index (χ2v) is 13.3. The van der Waals surface area contributed by atoms with Crippen molar-refractivity contribution in [3.05, 3.63) is 120 Å². The minimum atomic E-state index is -4.21. The van der Waals surface area contributed by atoms with Gasteiger partial charge in [-0.1, -0.05) is 67.1 Å². The Kier molecular flexibility index (Phi) is 12.0. The molecule has 10 heteroatoms. The quantitative estimate of drug-likeness (QED) is 0.174. The molecule has 0 aromatic heterocycles. The van der Waals surface area contributed by atoms with E-state index < -0.39 is 28.5 Å². The normalized spacial score (nSPS) is 12.4. The minimum Gasteiger partial charge on any atom is -0.497 e. The predicted molar refractivity (Wildman–Crippen MR) is 184 cm³/mol. The number of amides is 2. The Morgan fingerprint density at radius 1 is 0.809 bits per heavy atom. The highest BCUT2D eigenvalue weighted by Crippen LogP contribution is 2.27. The Morgan fingerprint density at radius 3 is 2.06 bits per heavy atom. The summed E-state index contributed by atoms with van der Waals surface area (Å²) in [6.07, 6.45) is 0.930. The smallest absolute Gasteiger partial charge is 0.264 e. The maximum atomic E-state index is 14.6. The molecule has 47 heavy (non-hydrogen) atoms. The first-order chi connectivity index (χ1) is 22.5. The number of benzene rings is 4. The third kappa shape index (κ3) is 9.13. The molecule has 0 radical (unpaired) electrons. The van der Waals surface area contributed by atoms with E-state index in [9.17, 15) is 18.0 Å². The number of methoxy groups -OCH3 is 2. The zero-order valence-corrected chi connectivity index (χ0v) is 28.4. The van der Waals surface area contributed by atoms with Crippen molar-refractivity contribution in [3.8, 4) is 11.5 Å². The van der Waals surface area contributed by atoms with Gasteiger partial charge in [0.2, 0.25) is 11.8 Å². The lowest BCUT2D eigenvalue weighted by Crippen LogP contribution is -2.54. The van der Waals surface area contributed by atoms with Gasteiger partial charge in [0.1, 0.15) is 24.1 Å². The van der Waals surface area contributed by atoms with Crippen LogP contribution in [0.1, 0.15) is 37.0 Å². The average Bonchev–Trinajstić information content (AvgIpc) is 3.09. The van der Waals surface area contributed by atoms with E-state index in [-0.39, 0.29) is 35.5 Å². The molecule has 2 atom stereocenters. The third-order valence-corrected chi connectivity index (χ3v) is 9.80. The Hall–Kier alpha value is -4.83. The number of aryl methyl sites for hydroxylation is 1. The van der Waals surface area contributed by atoms with Gasteiger partial charge >= 0.3 is 0 Å². The van der Waals surface area contributed by atoms with Crippen molar-refractivity contribution in [3.63, 3.8) is 0 Å². The van der Waals surface area contributed by atoms with E-state index >= 15 is 0 Å². The van der Waals surface area contributed by atoms with Crippen LogP contribution in [-0.2, 0) is 32.6 Å². The fourth-order valence-corrected chi connectivity index (χ4v) is 6.49. The molecule has 1 N–H and O–H groups in total. The van der Waals surface area contributed by atoms with Crippen molar-refractivity contribution in [2.45, 2.75) is 57.1 Å². The van der Waals surface area contributed by atoms with Gasteiger partial charge in [-0.3, -0.25) is 13.9 Å². The second-order valence-electron chi connectivity index (χ2n) is 11.4. The van der Waals surface area contributed by atoms with E-state index in [0.29, 0.717) is 17.9 Å². The number of sulfonamides is 1. The predicted octanol–water partition coefficient (Wildman–Crippen LogP) is 5.76. The molecule has 4 aromatic carbocycles. The minimum absolute atomic E-state index is 0.0430. The van der Waals surface area contributed by atoms with Gasteiger partial charge in [0, 0.05) is 19.0 Å². The monoisotopic (exact) mass is 657 g/mol. The molecule has 0 aliphatic carbocycles. The first-order valence-corrected chi connectivity index (χ1v) is 17.0. The molecule has 0 fully saturated rings. The standard InChI is InChI=1S/C37H43N3O6S/c1-6-28(3)38-37(42)35(24-29-11-8-7-9-12-29)39(25-30-13-10-14-33(23-30)46-5)36(41)26-40(31-17-19-32(45-4)20-18-31)47(43,44)34-21-15-27(2)16-22-34/h7-23,28,35H,6,24-26H2,1-5H3,(H,38,42)/t28-,35+/m0/s1. The lowest BCUT2D eigenvalue weighted by molar-refractivity contribution is -0.140. The highest BCUT2D eigenvalue weighted by molar-refractivity contribution is 7.92. The molecule has 9 nitrogen and oxygen atoms in total. The molecule has 248 valence electrons. The van der Waals surface area contributed by atoms with Crippen LogP contribution in [0, 0.1) is 6.92 Å². The molecular weight excluding hydrogens is 614 g/mol. The molecule has 0 saturated heterocycles. The number of ether oxygens (including phenoxy) is 2. The highest BCUT2D eigenvalue weighted by Gasteiger charge is 2.35. The second kappa shape index (κ2) is 16.1. The number of hydrogen-bond acceptors (Lipinski definition) is 6. The van der Waals surface area contributed by atoms with Gasteiger partial charge in [0.25, 0.3) is 10.0 Å². The molecule has 2 amide bonds. The first kappa shape index (κ1) is 35.0. The Bertz CT molecular complexity index is 1730. The largest absolute Gasteiger partial charge is 0.497 e. The summed E-state index contributed by atoms with van der Waals surface area (Å²) in [5.74, 6) is 0.272. The molecule has 0 saturated carbocycles. The summed E-state index contributed by atoms with van der Waals surface area (Å²) in [6.45, 7) is 5.25. The molecule has 0 bridgehead atoms. The van der Waals surface area contributed by atoms with Crippen LogP contribution in [0.4, 0.5) is 5.69 Å². The van der Waals surface area contributed by atoms with Gasteiger partial charge in [-0.25, -0.2) is 8.42 Å². The maximum absolute atomic E-state index is 14.6. The Balaban J connectivity index is 1.82. The van der Waals surface area contributed by atoms with Crippen LogP contribution >= 0.6 is 0 Å². The first-order valence-electron chi connectivity index (χ1n) is 15.6. The number of anilines is 1. The van der Waals surface area contributed by atoms with Gasteiger partial charge in [0.05, 0.1) is 24.8 Å². The third-order valence-electron chi connectivity index (χ3n) is 8.01. The van der Waals surface area contributed by atoms with Gasteiger partial charge in [-0.05, 0) is 79.9 Å². The van der Waals surface area contributed by atoms with Crippen LogP contribution in [0.5, 0.6) is 11.5 Å². The van der Waals surface area contributed by atoms with Crippen LogP contribution in [0.15, 0.2) is 108 Å². The lowest BCUT2D eigenvalue weighted by atomic mass is 10.0. The molecule has 4 aromatic rings. The summed E-state index contributed by atoms with van der Waals surface area (Å²) < 4.78 is 40.2. The fourth-order valence-electron chi connectivity index (χ4n) is 5.08. The van der Waals surface area contributed by atoms with E-state index in [1.54, 1.807) is 55.6 Å². The van der Waals surface area contributed by atoms with Crippen LogP contribution in [-0.4, -0.2) is 58.0 Å². The number of nitrogens with one attached hydrogen (secondary N) is 1. The van der Waals surface area contributed by atoms with Crippen LogP contribution in [0.3, 0.4) is 0 Å². The number of carbonyl (C=O) groups is 2. The van der Waals surface area contributed by atoms with Crippen LogP contribution < -0.4 is 19.1 Å². The van der Waals surface area contributed by atoms with Gasteiger partial charge in [-0.15, -0.1) is 0 Å². The van der Waals surface area contributed by atoms with E-state index in [0.717, 1.165) is 21.0 Å². The molecule has 0 heterocycles.